The molecule has 1 unspecified atom stereocenters. The van der Waals surface area contributed by atoms with Crippen LogP contribution in [0.2, 0.25) is 0 Å². The molecule has 0 spiro atoms. The molecule has 2 aromatic carbocycles. The van der Waals surface area contributed by atoms with Crippen molar-refractivity contribution in [2.45, 2.75) is 32.6 Å². The van der Waals surface area contributed by atoms with Gasteiger partial charge in [0.05, 0.1) is 34.3 Å². The van der Waals surface area contributed by atoms with E-state index in [2.05, 4.69) is 101 Å². The van der Waals surface area contributed by atoms with E-state index in [1.165, 1.54) is 11.3 Å². The van der Waals surface area contributed by atoms with E-state index in [0.29, 0.717) is 6.42 Å². The van der Waals surface area contributed by atoms with Crippen LogP contribution in [0, 0.1) is 28.1 Å². The van der Waals surface area contributed by atoms with Crippen molar-refractivity contribution in [1.82, 2.24) is 14.1 Å². The number of aromatic nitrogens is 3. The van der Waals surface area contributed by atoms with Crippen LogP contribution in [0.15, 0.2) is 78.4 Å². The average molecular weight is 492 g/mol. The molecule has 0 bridgehead atoms. The molecule has 0 saturated carbocycles. The quantitative estimate of drug-likeness (QED) is 0.257. The highest BCUT2D eigenvalue weighted by Gasteiger charge is 2.31. The second-order valence-corrected chi connectivity index (χ2v) is 10.6. The number of fused-ring (bicyclic) bond motifs is 6. The number of hydrogen-bond donors (Lipinski definition) is 0. The molecule has 7 rings (SSSR count). The first-order chi connectivity index (χ1) is 18.5. The fourth-order valence-corrected chi connectivity index (χ4v) is 6.27. The number of nitrogens with zero attached hydrogens (tertiary/aromatic N) is 5. The summed E-state index contributed by atoms with van der Waals surface area (Å²) >= 11 is 0. The van der Waals surface area contributed by atoms with Gasteiger partial charge in [-0.2, -0.15) is 10.5 Å². The summed E-state index contributed by atoms with van der Waals surface area (Å²) < 4.78 is 4.49. The van der Waals surface area contributed by atoms with Crippen LogP contribution < -0.4 is 0 Å². The van der Waals surface area contributed by atoms with Gasteiger partial charge in [-0.15, -0.1) is 0 Å². The third-order valence-electron chi connectivity index (χ3n) is 8.01. The Morgan fingerprint density at radius 2 is 1.58 bits per heavy atom. The van der Waals surface area contributed by atoms with Gasteiger partial charge in [-0.3, -0.25) is 9.13 Å². The predicted octanol–water partition coefficient (Wildman–Crippen LogP) is 7.48. The second kappa shape index (κ2) is 8.07. The SMILES string of the molecule is C[C@H]1CC(C#N)=Cc2c1n(-c1cccc(-n3c4c(c5ccccc53)CC(C)(C#N)C=C4)n1)c1ccccc21. The monoisotopic (exact) mass is 491 g/mol. The van der Waals surface area contributed by atoms with E-state index >= 15 is 0 Å². The zero-order valence-corrected chi connectivity index (χ0v) is 21.3. The minimum absolute atomic E-state index is 0.189. The number of nitriles is 2. The lowest BCUT2D eigenvalue weighted by molar-refractivity contribution is 0.561. The van der Waals surface area contributed by atoms with Crippen molar-refractivity contribution < 1.29 is 0 Å². The van der Waals surface area contributed by atoms with E-state index in [1.807, 2.05) is 19.1 Å². The van der Waals surface area contributed by atoms with Gasteiger partial charge in [-0.1, -0.05) is 55.5 Å². The van der Waals surface area contributed by atoms with Crippen molar-refractivity contribution >= 4 is 34.0 Å². The lowest BCUT2D eigenvalue weighted by Gasteiger charge is -2.22. The van der Waals surface area contributed by atoms with Gasteiger partial charge < -0.3 is 0 Å². The van der Waals surface area contributed by atoms with Gasteiger partial charge in [-0.25, -0.2) is 4.98 Å². The first-order valence-electron chi connectivity index (χ1n) is 13.0. The van der Waals surface area contributed by atoms with E-state index in [4.69, 9.17) is 4.98 Å². The molecule has 5 heteroatoms. The molecule has 0 N–H and O–H groups in total. The van der Waals surface area contributed by atoms with Crippen LogP contribution in [0.3, 0.4) is 0 Å². The van der Waals surface area contributed by atoms with Crippen LogP contribution in [0.1, 0.15) is 48.7 Å². The molecule has 0 amide bonds. The number of benzene rings is 2. The summed E-state index contributed by atoms with van der Waals surface area (Å²) in [6, 6.07) is 27.8. The lowest BCUT2D eigenvalue weighted by Crippen LogP contribution is -2.18. The Labute approximate surface area is 221 Å². The van der Waals surface area contributed by atoms with Crippen molar-refractivity contribution in [1.29, 1.82) is 10.5 Å². The number of para-hydroxylation sites is 2. The topological polar surface area (TPSA) is 70.3 Å². The number of pyridine rings is 1. The zero-order valence-electron chi connectivity index (χ0n) is 21.3. The molecule has 0 saturated heterocycles. The third kappa shape index (κ3) is 3.12. The largest absolute Gasteiger partial charge is 0.297 e. The van der Waals surface area contributed by atoms with Crippen molar-refractivity contribution in [3.05, 3.63) is 101 Å². The Bertz CT molecular complexity index is 1930. The van der Waals surface area contributed by atoms with Crippen molar-refractivity contribution in [2.75, 3.05) is 0 Å². The molecule has 0 radical (unpaired) electrons. The number of allylic oxidation sites excluding steroid dienone is 2. The van der Waals surface area contributed by atoms with Gasteiger partial charge in [0.25, 0.3) is 0 Å². The predicted molar refractivity (Wildman–Crippen MR) is 151 cm³/mol. The average Bonchev–Trinajstić information content (AvgIpc) is 3.46. The Morgan fingerprint density at radius 1 is 0.895 bits per heavy atom. The fourth-order valence-electron chi connectivity index (χ4n) is 6.27. The summed E-state index contributed by atoms with van der Waals surface area (Å²) in [5.41, 5.74) is 7.05. The molecule has 38 heavy (non-hydrogen) atoms. The van der Waals surface area contributed by atoms with Crippen LogP contribution in [0.5, 0.6) is 0 Å². The molecule has 2 aliphatic rings. The Balaban J connectivity index is 1.48. The first-order valence-corrected chi connectivity index (χ1v) is 13.0. The maximum atomic E-state index is 9.81. The van der Waals surface area contributed by atoms with Crippen LogP contribution >= 0.6 is 0 Å². The van der Waals surface area contributed by atoms with Crippen LogP contribution in [-0.4, -0.2) is 14.1 Å². The van der Waals surface area contributed by atoms with Crippen molar-refractivity contribution in [3.63, 3.8) is 0 Å². The van der Waals surface area contributed by atoms with E-state index in [9.17, 15) is 10.5 Å². The summed E-state index contributed by atoms with van der Waals surface area (Å²) in [6.45, 7) is 4.18. The molecule has 5 nitrogen and oxygen atoms in total. The summed E-state index contributed by atoms with van der Waals surface area (Å²) in [7, 11) is 0. The Morgan fingerprint density at radius 3 is 2.32 bits per heavy atom. The molecule has 5 aromatic rings. The highest BCUT2D eigenvalue weighted by Crippen LogP contribution is 2.42. The molecular formula is C33H25N5. The van der Waals surface area contributed by atoms with Crippen LogP contribution in [-0.2, 0) is 6.42 Å². The smallest absolute Gasteiger partial charge is 0.140 e. The Kier molecular flexibility index (Phi) is 4.74. The number of rotatable bonds is 2. The summed E-state index contributed by atoms with van der Waals surface area (Å²) in [6.07, 6.45) is 7.54. The minimum atomic E-state index is -0.522. The van der Waals surface area contributed by atoms with Gasteiger partial charge in [0, 0.05) is 33.5 Å². The first kappa shape index (κ1) is 22.3. The van der Waals surface area contributed by atoms with Crippen molar-refractivity contribution in [3.8, 4) is 23.8 Å². The maximum absolute atomic E-state index is 9.81. The van der Waals surface area contributed by atoms with E-state index in [-0.39, 0.29) is 5.92 Å². The van der Waals surface area contributed by atoms with Gasteiger partial charge in [0.2, 0.25) is 0 Å². The molecule has 182 valence electrons. The summed E-state index contributed by atoms with van der Waals surface area (Å²) in [5.74, 6) is 1.89. The minimum Gasteiger partial charge on any atom is -0.297 e. The third-order valence-corrected chi connectivity index (χ3v) is 8.01. The molecule has 2 aliphatic carbocycles. The highest BCUT2D eigenvalue weighted by molar-refractivity contribution is 5.94. The van der Waals surface area contributed by atoms with Gasteiger partial charge in [0.15, 0.2) is 0 Å². The normalized spacial score (nSPS) is 20.0. The number of hydrogen-bond acceptors (Lipinski definition) is 3. The van der Waals surface area contributed by atoms with Gasteiger partial charge in [-0.05, 0) is 61.7 Å². The molecule has 0 aliphatic heterocycles. The van der Waals surface area contributed by atoms with E-state index < -0.39 is 5.41 Å². The molecule has 3 heterocycles. The van der Waals surface area contributed by atoms with Crippen LogP contribution in [0.25, 0.3) is 45.6 Å². The Hall–Kier alpha value is -4.87. The standard InChI is InChI=1S/C33H25N5/c1-21-16-22(19-34)17-25-23-8-3-6-11-28(23)38(32(21)25)31-13-7-12-30(36-31)37-27-10-5-4-9-24(27)26-18-33(2,20-35)15-14-29(26)37/h3-15,17,21H,16,18H2,1-2H3/t21-,33?/m0/s1. The van der Waals surface area contributed by atoms with E-state index in [0.717, 1.165) is 56.7 Å². The van der Waals surface area contributed by atoms with Crippen molar-refractivity contribution in [2.24, 2.45) is 5.41 Å². The summed E-state index contributed by atoms with van der Waals surface area (Å²) in [5, 5.41) is 21.7. The molecule has 0 fully saturated rings. The second-order valence-electron chi connectivity index (χ2n) is 10.6. The van der Waals surface area contributed by atoms with Crippen LogP contribution in [0.4, 0.5) is 0 Å². The molecular weight excluding hydrogens is 466 g/mol. The highest BCUT2D eigenvalue weighted by atomic mass is 15.1. The van der Waals surface area contributed by atoms with E-state index in [1.54, 1.807) is 0 Å². The lowest BCUT2D eigenvalue weighted by atomic mass is 9.80. The zero-order chi connectivity index (χ0) is 26.0. The molecule has 3 aromatic heterocycles. The maximum Gasteiger partial charge on any atom is 0.140 e. The van der Waals surface area contributed by atoms with Gasteiger partial charge in [0.1, 0.15) is 11.6 Å². The summed E-state index contributed by atoms with van der Waals surface area (Å²) in [4.78, 5) is 5.25. The molecule has 2 atom stereocenters. The van der Waals surface area contributed by atoms with Gasteiger partial charge >= 0.3 is 0 Å². The fraction of sp³-hybridized carbons (Fsp3) is 0.182.